The van der Waals surface area contributed by atoms with Crippen molar-refractivity contribution in [2.24, 2.45) is 5.92 Å². The SMILES string of the molecule is CCC(C)NC(=O)CCNC(C)C1CC1. The van der Waals surface area contributed by atoms with Gasteiger partial charge in [-0.05, 0) is 39.0 Å². The summed E-state index contributed by atoms with van der Waals surface area (Å²) < 4.78 is 0. The van der Waals surface area contributed by atoms with Crippen LogP contribution in [0.4, 0.5) is 0 Å². The summed E-state index contributed by atoms with van der Waals surface area (Å²) in [6.07, 6.45) is 4.31. The summed E-state index contributed by atoms with van der Waals surface area (Å²) in [6.45, 7) is 7.14. The van der Waals surface area contributed by atoms with Crippen LogP contribution >= 0.6 is 0 Å². The first-order valence-electron chi connectivity index (χ1n) is 6.16. The van der Waals surface area contributed by atoms with E-state index >= 15 is 0 Å². The van der Waals surface area contributed by atoms with Gasteiger partial charge in [-0.2, -0.15) is 0 Å². The van der Waals surface area contributed by atoms with Gasteiger partial charge in [0, 0.05) is 25.0 Å². The lowest BCUT2D eigenvalue weighted by molar-refractivity contribution is -0.121. The van der Waals surface area contributed by atoms with E-state index in [0.29, 0.717) is 18.5 Å². The Morgan fingerprint density at radius 2 is 2.07 bits per heavy atom. The molecule has 2 N–H and O–H groups in total. The van der Waals surface area contributed by atoms with E-state index in [-0.39, 0.29) is 5.91 Å². The first-order chi connectivity index (χ1) is 7.13. The van der Waals surface area contributed by atoms with E-state index in [9.17, 15) is 4.79 Å². The van der Waals surface area contributed by atoms with Crippen molar-refractivity contribution in [3.63, 3.8) is 0 Å². The lowest BCUT2D eigenvalue weighted by atomic mass is 10.2. The molecule has 0 bridgehead atoms. The summed E-state index contributed by atoms with van der Waals surface area (Å²) in [5, 5.41) is 6.38. The van der Waals surface area contributed by atoms with Crippen molar-refractivity contribution < 1.29 is 4.79 Å². The number of nitrogens with one attached hydrogen (secondary N) is 2. The molecule has 0 aromatic rings. The molecule has 0 aromatic carbocycles. The third-order valence-electron chi connectivity index (χ3n) is 3.17. The van der Waals surface area contributed by atoms with Crippen molar-refractivity contribution in [3.8, 4) is 0 Å². The highest BCUT2D eigenvalue weighted by molar-refractivity contribution is 5.76. The maximum absolute atomic E-state index is 11.4. The van der Waals surface area contributed by atoms with Crippen molar-refractivity contribution in [1.82, 2.24) is 10.6 Å². The molecule has 15 heavy (non-hydrogen) atoms. The minimum Gasteiger partial charge on any atom is -0.354 e. The molecule has 88 valence electrons. The molecule has 0 spiro atoms. The number of amides is 1. The number of hydrogen-bond donors (Lipinski definition) is 2. The van der Waals surface area contributed by atoms with E-state index in [1.807, 2.05) is 6.92 Å². The Hall–Kier alpha value is -0.570. The van der Waals surface area contributed by atoms with Gasteiger partial charge >= 0.3 is 0 Å². The Balaban J connectivity index is 2.00. The van der Waals surface area contributed by atoms with E-state index in [2.05, 4.69) is 24.5 Å². The number of hydrogen-bond acceptors (Lipinski definition) is 2. The van der Waals surface area contributed by atoms with Crippen LogP contribution in [0.15, 0.2) is 0 Å². The number of carbonyl (C=O) groups is 1. The quantitative estimate of drug-likeness (QED) is 0.674. The van der Waals surface area contributed by atoms with Gasteiger partial charge in [0.2, 0.25) is 5.91 Å². The molecule has 0 heterocycles. The highest BCUT2D eigenvalue weighted by Crippen LogP contribution is 2.32. The zero-order valence-electron chi connectivity index (χ0n) is 10.2. The summed E-state index contributed by atoms with van der Waals surface area (Å²) in [5.41, 5.74) is 0. The second-order valence-corrected chi connectivity index (χ2v) is 4.71. The fourth-order valence-electron chi connectivity index (χ4n) is 1.63. The van der Waals surface area contributed by atoms with Crippen molar-refractivity contribution in [2.45, 2.75) is 58.5 Å². The minimum atomic E-state index is 0.167. The summed E-state index contributed by atoms with van der Waals surface area (Å²) in [6, 6.07) is 0.889. The molecule has 1 saturated carbocycles. The van der Waals surface area contributed by atoms with Crippen LogP contribution in [0.2, 0.25) is 0 Å². The Kier molecular flexibility index (Phi) is 5.09. The third-order valence-corrected chi connectivity index (χ3v) is 3.17. The molecular weight excluding hydrogens is 188 g/mol. The summed E-state index contributed by atoms with van der Waals surface area (Å²) in [7, 11) is 0. The molecular formula is C12H24N2O. The average molecular weight is 212 g/mol. The average Bonchev–Trinajstić information content (AvgIpc) is 3.00. The number of rotatable bonds is 7. The van der Waals surface area contributed by atoms with Crippen LogP contribution in [-0.2, 0) is 4.79 Å². The summed E-state index contributed by atoms with van der Waals surface area (Å²) in [4.78, 5) is 11.4. The lowest BCUT2D eigenvalue weighted by Gasteiger charge is -2.14. The van der Waals surface area contributed by atoms with Crippen molar-refractivity contribution >= 4 is 5.91 Å². The van der Waals surface area contributed by atoms with Crippen molar-refractivity contribution in [1.29, 1.82) is 0 Å². The van der Waals surface area contributed by atoms with Crippen molar-refractivity contribution in [3.05, 3.63) is 0 Å². The van der Waals surface area contributed by atoms with Gasteiger partial charge in [-0.15, -0.1) is 0 Å². The fraction of sp³-hybridized carbons (Fsp3) is 0.917. The van der Waals surface area contributed by atoms with Crippen LogP contribution in [0.25, 0.3) is 0 Å². The topological polar surface area (TPSA) is 41.1 Å². The molecule has 1 aliphatic carbocycles. The first-order valence-corrected chi connectivity index (χ1v) is 6.16. The zero-order chi connectivity index (χ0) is 11.3. The molecule has 3 nitrogen and oxygen atoms in total. The van der Waals surface area contributed by atoms with Crippen LogP contribution in [0, 0.1) is 5.92 Å². The molecule has 3 heteroatoms. The van der Waals surface area contributed by atoms with Crippen LogP contribution < -0.4 is 10.6 Å². The predicted molar refractivity (Wildman–Crippen MR) is 62.7 cm³/mol. The maximum Gasteiger partial charge on any atom is 0.221 e. The molecule has 1 rings (SSSR count). The smallest absolute Gasteiger partial charge is 0.221 e. The second-order valence-electron chi connectivity index (χ2n) is 4.71. The second kappa shape index (κ2) is 6.11. The molecule has 2 unspecified atom stereocenters. The van der Waals surface area contributed by atoms with E-state index in [0.717, 1.165) is 18.9 Å². The van der Waals surface area contributed by atoms with Gasteiger partial charge in [-0.3, -0.25) is 4.79 Å². The van der Waals surface area contributed by atoms with Crippen molar-refractivity contribution in [2.75, 3.05) is 6.54 Å². The fourth-order valence-corrected chi connectivity index (χ4v) is 1.63. The summed E-state index contributed by atoms with van der Waals surface area (Å²) >= 11 is 0. The van der Waals surface area contributed by atoms with Gasteiger partial charge in [-0.1, -0.05) is 6.92 Å². The van der Waals surface area contributed by atoms with E-state index < -0.39 is 0 Å². The van der Waals surface area contributed by atoms with Gasteiger partial charge in [-0.25, -0.2) is 0 Å². The standard InChI is InChI=1S/C12H24N2O/c1-4-9(2)14-12(15)7-8-13-10(3)11-5-6-11/h9-11,13H,4-8H2,1-3H3,(H,14,15). The zero-order valence-corrected chi connectivity index (χ0v) is 10.2. The van der Waals surface area contributed by atoms with Crippen LogP contribution in [0.1, 0.15) is 46.5 Å². The lowest BCUT2D eigenvalue weighted by Crippen LogP contribution is -2.36. The molecule has 0 aliphatic heterocycles. The Labute approximate surface area is 93.0 Å². The molecule has 1 amide bonds. The van der Waals surface area contributed by atoms with Gasteiger partial charge in [0.25, 0.3) is 0 Å². The molecule has 0 radical (unpaired) electrons. The Bertz CT molecular complexity index is 202. The van der Waals surface area contributed by atoms with Crippen LogP contribution in [0.5, 0.6) is 0 Å². The Morgan fingerprint density at radius 1 is 1.40 bits per heavy atom. The maximum atomic E-state index is 11.4. The molecule has 0 saturated heterocycles. The van der Waals surface area contributed by atoms with E-state index in [4.69, 9.17) is 0 Å². The molecule has 0 aromatic heterocycles. The third kappa shape index (κ3) is 5.17. The normalized spacial score (nSPS) is 19.7. The molecule has 1 fully saturated rings. The largest absolute Gasteiger partial charge is 0.354 e. The number of carbonyl (C=O) groups excluding carboxylic acids is 1. The highest BCUT2D eigenvalue weighted by Gasteiger charge is 2.27. The van der Waals surface area contributed by atoms with Gasteiger partial charge < -0.3 is 10.6 Å². The monoisotopic (exact) mass is 212 g/mol. The highest BCUT2D eigenvalue weighted by atomic mass is 16.1. The van der Waals surface area contributed by atoms with Crippen LogP contribution in [0.3, 0.4) is 0 Å². The Morgan fingerprint density at radius 3 is 2.60 bits per heavy atom. The molecule has 2 atom stereocenters. The summed E-state index contributed by atoms with van der Waals surface area (Å²) in [5.74, 6) is 1.03. The minimum absolute atomic E-state index is 0.167. The van der Waals surface area contributed by atoms with E-state index in [1.165, 1.54) is 12.8 Å². The van der Waals surface area contributed by atoms with Gasteiger partial charge in [0.15, 0.2) is 0 Å². The first kappa shape index (κ1) is 12.5. The van der Waals surface area contributed by atoms with E-state index in [1.54, 1.807) is 0 Å². The van der Waals surface area contributed by atoms with Gasteiger partial charge in [0.1, 0.15) is 0 Å². The molecule has 1 aliphatic rings. The predicted octanol–water partition coefficient (Wildman–Crippen LogP) is 1.68. The van der Waals surface area contributed by atoms with Gasteiger partial charge in [0.05, 0.1) is 0 Å². The van der Waals surface area contributed by atoms with Crippen LogP contribution in [-0.4, -0.2) is 24.5 Å².